The zero-order valence-corrected chi connectivity index (χ0v) is 18.6. The van der Waals surface area contributed by atoms with E-state index >= 15 is 0 Å². The Hall–Kier alpha value is -2.73. The van der Waals surface area contributed by atoms with Gasteiger partial charge in [0.25, 0.3) is 0 Å². The molecule has 0 saturated carbocycles. The minimum Gasteiger partial charge on any atom is -0.494 e. The van der Waals surface area contributed by atoms with Crippen molar-refractivity contribution in [2.75, 3.05) is 18.9 Å². The lowest BCUT2D eigenvalue weighted by molar-refractivity contribution is -0.118. The van der Waals surface area contributed by atoms with Crippen LogP contribution < -0.4 is 10.1 Å². The maximum atomic E-state index is 12.1. The van der Waals surface area contributed by atoms with Gasteiger partial charge in [-0.2, -0.15) is 0 Å². The molecule has 0 bridgehead atoms. The number of ether oxygens (including phenoxy) is 1. The van der Waals surface area contributed by atoms with Gasteiger partial charge in [-0.15, -0.1) is 11.8 Å². The van der Waals surface area contributed by atoms with Crippen molar-refractivity contribution >= 4 is 17.7 Å². The fourth-order valence-electron chi connectivity index (χ4n) is 2.94. The number of hydrogen-bond donors (Lipinski definition) is 1. The van der Waals surface area contributed by atoms with Crippen LogP contribution in [-0.4, -0.2) is 29.8 Å². The molecule has 0 unspecified atom stereocenters. The van der Waals surface area contributed by atoms with Crippen molar-refractivity contribution in [1.82, 2.24) is 10.3 Å². The Morgan fingerprint density at radius 2 is 1.83 bits per heavy atom. The van der Waals surface area contributed by atoms with Gasteiger partial charge in [-0.05, 0) is 57.0 Å². The topological polar surface area (TPSA) is 64.4 Å². The SMILES string of the molecule is CCOc1ccc(-c2nc(CSCC(=O)NCCc3ccc(C)cc3)c(C)o2)cc1. The van der Waals surface area contributed by atoms with E-state index in [1.54, 1.807) is 0 Å². The molecule has 6 heteroatoms. The lowest BCUT2D eigenvalue weighted by atomic mass is 10.1. The first kappa shape index (κ1) is 22.0. The van der Waals surface area contributed by atoms with Gasteiger partial charge < -0.3 is 14.5 Å². The molecule has 1 N–H and O–H groups in total. The van der Waals surface area contributed by atoms with E-state index in [9.17, 15) is 4.79 Å². The van der Waals surface area contributed by atoms with Gasteiger partial charge in [0.15, 0.2) is 0 Å². The fraction of sp³-hybridized carbons (Fsp3) is 0.333. The van der Waals surface area contributed by atoms with Crippen LogP contribution in [-0.2, 0) is 17.0 Å². The predicted molar refractivity (Wildman–Crippen MR) is 122 cm³/mol. The molecule has 0 aliphatic rings. The number of nitrogens with zero attached hydrogens (tertiary/aromatic N) is 1. The molecule has 3 rings (SSSR count). The minimum absolute atomic E-state index is 0.0417. The molecule has 0 fully saturated rings. The number of benzene rings is 2. The smallest absolute Gasteiger partial charge is 0.230 e. The number of thioether (sulfide) groups is 1. The molecule has 0 atom stereocenters. The van der Waals surface area contributed by atoms with E-state index in [1.165, 1.54) is 22.9 Å². The quantitative estimate of drug-likeness (QED) is 0.499. The third-order valence-corrected chi connectivity index (χ3v) is 5.58. The van der Waals surface area contributed by atoms with Crippen LogP contribution in [0.1, 0.15) is 29.5 Å². The number of aryl methyl sites for hydroxylation is 2. The Kier molecular flexibility index (Phi) is 7.97. The van der Waals surface area contributed by atoms with Gasteiger partial charge in [-0.25, -0.2) is 4.98 Å². The van der Waals surface area contributed by atoms with E-state index in [0.717, 1.165) is 29.2 Å². The summed E-state index contributed by atoms with van der Waals surface area (Å²) < 4.78 is 11.3. The van der Waals surface area contributed by atoms with Crippen molar-refractivity contribution in [2.45, 2.75) is 32.9 Å². The summed E-state index contributed by atoms with van der Waals surface area (Å²) in [6, 6.07) is 16.1. The van der Waals surface area contributed by atoms with Crippen LogP contribution in [0, 0.1) is 13.8 Å². The standard InChI is InChI=1S/C24H28N2O3S/c1-4-28-21-11-9-20(10-12-21)24-26-22(18(3)29-24)15-30-16-23(27)25-14-13-19-7-5-17(2)6-8-19/h5-12H,4,13-16H2,1-3H3,(H,25,27). The Bertz CT molecular complexity index is 950. The molecule has 158 valence electrons. The molecule has 0 saturated heterocycles. The van der Waals surface area contributed by atoms with Crippen LogP contribution in [0.25, 0.3) is 11.5 Å². The molecule has 5 nitrogen and oxygen atoms in total. The Balaban J connectivity index is 1.43. The third kappa shape index (κ3) is 6.39. The largest absolute Gasteiger partial charge is 0.494 e. The highest BCUT2D eigenvalue weighted by Gasteiger charge is 2.12. The van der Waals surface area contributed by atoms with Gasteiger partial charge in [0.1, 0.15) is 11.5 Å². The first-order valence-corrected chi connectivity index (χ1v) is 11.3. The average molecular weight is 425 g/mol. The molecular formula is C24H28N2O3S. The second-order valence-electron chi connectivity index (χ2n) is 7.06. The highest BCUT2D eigenvalue weighted by molar-refractivity contribution is 7.99. The van der Waals surface area contributed by atoms with Crippen molar-refractivity contribution in [1.29, 1.82) is 0 Å². The molecule has 0 aliphatic heterocycles. The van der Waals surface area contributed by atoms with Crippen molar-refractivity contribution in [3.05, 3.63) is 71.1 Å². The molecule has 1 aromatic heterocycles. The van der Waals surface area contributed by atoms with Gasteiger partial charge >= 0.3 is 0 Å². The first-order chi connectivity index (χ1) is 14.5. The van der Waals surface area contributed by atoms with Crippen molar-refractivity contribution < 1.29 is 13.9 Å². The Morgan fingerprint density at radius 1 is 1.10 bits per heavy atom. The lowest BCUT2D eigenvalue weighted by Crippen LogP contribution is -2.27. The zero-order chi connectivity index (χ0) is 21.3. The summed E-state index contributed by atoms with van der Waals surface area (Å²) in [6.07, 6.45) is 0.838. The second kappa shape index (κ2) is 10.9. The van der Waals surface area contributed by atoms with E-state index in [-0.39, 0.29) is 5.91 Å². The van der Waals surface area contributed by atoms with Gasteiger partial charge in [0, 0.05) is 17.9 Å². The molecule has 3 aromatic rings. The number of nitrogens with one attached hydrogen (secondary N) is 1. The normalized spacial score (nSPS) is 10.8. The molecular weight excluding hydrogens is 396 g/mol. The monoisotopic (exact) mass is 424 g/mol. The highest BCUT2D eigenvalue weighted by Crippen LogP contribution is 2.26. The van der Waals surface area contributed by atoms with Crippen LogP contribution in [0.4, 0.5) is 0 Å². The number of aromatic nitrogens is 1. The van der Waals surface area contributed by atoms with Crippen LogP contribution in [0.5, 0.6) is 5.75 Å². The first-order valence-electron chi connectivity index (χ1n) is 10.1. The van der Waals surface area contributed by atoms with Gasteiger partial charge in [-0.3, -0.25) is 4.79 Å². The summed E-state index contributed by atoms with van der Waals surface area (Å²) in [5.74, 6) is 3.28. The van der Waals surface area contributed by atoms with E-state index in [0.29, 0.717) is 30.5 Å². The number of amides is 1. The third-order valence-electron chi connectivity index (χ3n) is 4.63. The maximum absolute atomic E-state index is 12.1. The summed E-state index contributed by atoms with van der Waals surface area (Å²) in [7, 11) is 0. The molecule has 30 heavy (non-hydrogen) atoms. The van der Waals surface area contributed by atoms with Crippen LogP contribution >= 0.6 is 11.8 Å². The van der Waals surface area contributed by atoms with E-state index < -0.39 is 0 Å². The van der Waals surface area contributed by atoms with E-state index in [4.69, 9.17) is 9.15 Å². The van der Waals surface area contributed by atoms with Crippen molar-refractivity contribution in [3.8, 4) is 17.2 Å². The van der Waals surface area contributed by atoms with Crippen LogP contribution in [0.3, 0.4) is 0 Å². The van der Waals surface area contributed by atoms with E-state index in [1.807, 2.05) is 38.1 Å². The molecule has 0 spiro atoms. The van der Waals surface area contributed by atoms with Crippen molar-refractivity contribution in [3.63, 3.8) is 0 Å². The summed E-state index contributed by atoms with van der Waals surface area (Å²) in [5, 5.41) is 2.98. The molecule has 1 amide bonds. The van der Waals surface area contributed by atoms with Crippen LogP contribution in [0.15, 0.2) is 52.9 Å². The summed E-state index contributed by atoms with van der Waals surface area (Å²) >= 11 is 1.54. The van der Waals surface area contributed by atoms with Gasteiger partial charge in [-0.1, -0.05) is 29.8 Å². The minimum atomic E-state index is 0.0417. The molecule has 0 radical (unpaired) electrons. The highest BCUT2D eigenvalue weighted by atomic mass is 32.2. The van der Waals surface area contributed by atoms with E-state index in [2.05, 4.69) is 41.5 Å². The van der Waals surface area contributed by atoms with Crippen molar-refractivity contribution in [2.24, 2.45) is 0 Å². The number of carbonyl (C=O) groups excluding carboxylic acids is 1. The second-order valence-corrected chi connectivity index (χ2v) is 8.04. The summed E-state index contributed by atoms with van der Waals surface area (Å²) in [6.45, 7) is 7.22. The molecule has 0 aliphatic carbocycles. The van der Waals surface area contributed by atoms with Crippen LogP contribution in [0.2, 0.25) is 0 Å². The number of rotatable bonds is 10. The Labute approximate surface area is 182 Å². The maximum Gasteiger partial charge on any atom is 0.230 e. The number of hydrogen-bond acceptors (Lipinski definition) is 5. The summed E-state index contributed by atoms with van der Waals surface area (Å²) in [4.78, 5) is 16.7. The molecule has 2 aromatic carbocycles. The average Bonchev–Trinajstić information content (AvgIpc) is 3.11. The van der Waals surface area contributed by atoms with Gasteiger partial charge in [0.2, 0.25) is 11.8 Å². The fourth-order valence-corrected chi connectivity index (χ4v) is 3.79. The Morgan fingerprint density at radius 3 is 2.53 bits per heavy atom. The molecule has 1 heterocycles. The number of carbonyl (C=O) groups is 1. The lowest BCUT2D eigenvalue weighted by Gasteiger charge is -2.05. The number of oxazole rings is 1. The summed E-state index contributed by atoms with van der Waals surface area (Å²) in [5.41, 5.74) is 4.25. The van der Waals surface area contributed by atoms with Gasteiger partial charge in [0.05, 0.1) is 18.1 Å². The predicted octanol–water partition coefficient (Wildman–Crippen LogP) is 4.95. The zero-order valence-electron chi connectivity index (χ0n) is 17.7.